The monoisotopic (exact) mass is 551 g/mol. The van der Waals surface area contributed by atoms with Crippen molar-refractivity contribution in [3.8, 4) is 0 Å². The lowest BCUT2D eigenvalue weighted by molar-refractivity contribution is -0.155. The van der Waals surface area contributed by atoms with E-state index in [0.29, 0.717) is 50.6 Å². The summed E-state index contributed by atoms with van der Waals surface area (Å²) in [6.45, 7) is 8.43. The fourth-order valence-electron chi connectivity index (χ4n) is 6.58. The Balaban J connectivity index is 1.46. The van der Waals surface area contributed by atoms with Gasteiger partial charge in [-0.3, -0.25) is 14.4 Å². The van der Waals surface area contributed by atoms with Gasteiger partial charge in [-0.2, -0.15) is 0 Å². The van der Waals surface area contributed by atoms with Gasteiger partial charge in [0, 0.05) is 19.7 Å². The van der Waals surface area contributed by atoms with Crippen molar-refractivity contribution in [2.24, 2.45) is 11.8 Å². The third kappa shape index (κ3) is 4.81. The Kier molecular flexibility index (Phi) is 8.32. The molecule has 11 nitrogen and oxygen atoms in total. The van der Waals surface area contributed by atoms with Crippen molar-refractivity contribution in [1.82, 2.24) is 24.8 Å². The van der Waals surface area contributed by atoms with Gasteiger partial charge in [-0.05, 0) is 50.7 Å². The summed E-state index contributed by atoms with van der Waals surface area (Å²) in [5, 5.41) is 17.7. The largest absolute Gasteiger partial charge is 0.465 e. The first-order chi connectivity index (χ1) is 19.5. The number of hydrogen-bond acceptors (Lipinski definition) is 8. The molecule has 2 bridgehead atoms. The number of aromatic nitrogens is 3. The molecular weight excluding hydrogens is 514 g/mol. The molecule has 1 aromatic carbocycles. The topological polar surface area (TPSA) is 127 Å². The molecule has 0 saturated carbocycles. The highest BCUT2D eigenvalue weighted by Crippen LogP contribution is 2.58. The minimum Gasteiger partial charge on any atom is -0.465 e. The average molecular weight is 552 g/mol. The molecule has 2 unspecified atom stereocenters. The fraction of sp³-hybridized carbons (Fsp3) is 0.552. The number of fused-ring (bicyclic) bond motifs is 2. The maximum atomic E-state index is 14.4. The van der Waals surface area contributed by atoms with E-state index in [0.717, 1.165) is 5.52 Å². The summed E-state index contributed by atoms with van der Waals surface area (Å²) >= 11 is 0. The smallest absolute Gasteiger partial charge is 0.312 e. The van der Waals surface area contributed by atoms with Crippen molar-refractivity contribution >= 4 is 28.8 Å². The molecule has 5 atom stereocenters. The van der Waals surface area contributed by atoms with Crippen LogP contribution in [-0.4, -0.2) is 91.7 Å². The van der Waals surface area contributed by atoms with E-state index in [-0.39, 0.29) is 38.2 Å². The van der Waals surface area contributed by atoms with E-state index < -0.39 is 35.6 Å². The van der Waals surface area contributed by atoms with Crippen LogP contribution in [-0.2, 0) is 30.5 Å². The number of esters is 1. The summed E-state index contributed by atoms with van der Waals surface area (Å²) < 4.78 is 13.6. The zero-order valence-electron chi connectivity index (χ0n) is 22.7. The number of benzene rings is 1. The summed E-state index contributed by atoms with van der Waals surface area (Å²) in [4.78, 5) is 44.8. The summed E-state index contributed by atoms with van der Waals surface area (Å²) in [6, 6.07) is 6.60. The van der Waals surface area contributed by atoms with Gasteiger partial charge in [-0.25, -0.2) is 4.68 Å². The number of ether oxygens (including phenoxy) is 2. The summed E-state index contributed by atoms with van der Waals surface area (Å²) in [5.41, 5.74) is 0.385. The number of hydrogen-bond donors (Lipinski definition) is 1. The molecule has 40 heavy (non-hydrogen) atoms. The van der Waals surface area contributed by atoms with Crippen molar-refractivity contribution in [2.45, 2.75) is 62.9 Å². The second-order valence-electron chi connectivity index (χ2n) is 10.7. The standard InChI is InChI=1S/C29H37N5O6/c1-3-5-18-39-28(38)23-22-13-14-29(40-22)24(23)26(36)33(16-9-6-10-17-35)25(29)27(37)32(15-4-2)19-34-21-12-8-7-11-20(21)30-31-34/h3-4,7-8,11-12,22-25,35H,1-2,5-6,9-10,13-19H2/t22-,23+,24-,25?,29?/m0/s1. The van der Waals surface area contributed by atoms with Gasteiger partial charge in [0.15, 0.2) is 0 Å². The summed E-state index contributed by atoms with van der Waals surface area (Å²) in [6.07, 6.45) is 6.35. The molecule has 5 rings (SSSR count). The molecule has 3 fully saturated rings. The van der Waals surface area contributed by atoms with Crippen LogP contribution in [0.4, 0.5) is 0 Å². The van der Waals surface area contributed by atoms with Gasteiger partial charge in [0.25, 0.3) is 0 Å². The van der Waals surface area contributed by atoms with Crippen LogP contribution in [0.2, 0.25) is 0 Å². The van der Waals surface area contributed by atoms with Crippen molar-refractivity contribution in [3.63, 3.8) is 0 Å². The number of carbonyl (C=O) groups is 3. The van der Waals surface area contributed by atoms with Crippen LogP contribution in [0.1, 0.15) is 38.5 Å². The molecule has 4 heterocycles. The minimum atomic E-state index is -1.11. The second kappa shape index (κ2) is 11.9. The molecule has 3 saturated heterocycles. The van der Waals surface area contributed by atoms with Crippen LogP contribution >= 0.6 is 0 Å². The van der Waals surface area contributed by atoms with Gasteiger partial charge in [-0.1, -0.05) is 29.5 Å². The third-order valence-corrected chi connectivity index (χ3v) is 8.32. The molecular formula is C29H37N5O6. The lowest BCUT2D eigenvalue weighted by Crippen LogP contribution is -2.56. The lowest BCUT2D eigenvalue weighted by Gasteiger charge is -2.36. The molecule has 2 aromatic rings. The number of unbranched alkanes of at least 4 members (excludes halogenated alkanes) is 2. The molecule has 3 aliphatic rings. The highest BCUT2D eigenvalue weighted by molar-refractivity contribution is 5.98. The highest BCUT2D eigenvalue weighted by atomic mass is 16.6. The molecule has 1 spiro atoms. The van der Waals surface area contributed by atoms with Crippen LogP contribution < -0.4 is 0 Å². The van der Waals surface area contributed by atoms with Gasteiger partial charge in [-0.15, -0.1) is 18.3 Å². The van der Waals surface area contributed by atoms with E-state index in [2.05, 4.69) is 23.5 Å². The van der Waals surface area contributed by atoms with E-state index >= 15 is 0 Å². The average Bonchev–Trinajstić information content (AvgIpc) is 3.70. The van der Waals surface area contributed by atoms with Gasteiger partial charge in [0.2, 0.25) is 11.8 Å². The zero-order chi connectivity index (χ0) is 28.3. The van der Waals surface area contributed by atoms with Crippen molar-refractivity contribution in [2.75, 3.05) is 26.3 Å². The van der Waals surface area contributed by atoms with Crippen molar-refractivity contribution in [3.05, 3.63) is 49.6 Å². The zero-order valence-corrected chi connectivity index (χ0v) is 22.7. The number of aliphatic hydroxyl groups excluding tert-OH is 1. The summed E-state index contributed by atoms with van der Waals surface area (Å²) in [5.74, 6) is -2.53. The normalized spacial score (nSPS) is 26.7. The van der Waals surface area contributed by atoms with E-state index in [9.17, 15) is 19.5 Å². The predicted molar refractivity (Wildman–Crippen MR) is 145 cm³/mol. The van der Waals surface area contributed by atoms with Crippen LogP contribution in [0.15, 0.2) is 49.6 Å². The Morgan fingerprint density at radius 2 is 2.05 bits per heavy atom. The highest BCUT2D eigenvalue weighted by Gasteiger charge is 2.75. The molecule has 1 aromatic heterocycles. The van der Waals surface area contributed by atoms with Gasteiger partial charge in [0.05, 0.1) is 30.1 Å². The van der Waals surface area contributed by atoms with E-state index in [1.165, 1.54) is 0 Å². The van der Waals surface area contributed by atoms with E-state index in [1.807, 2.05) is 24.3 Å². The van der Waals surface area contributed by atoms with E-state index in [4.69, 9.17) is 9.47 Å². The van der Waals surface area contributed by atoms with Crippen LogP contribution in [0.5, 0.6) is 0 Å². The first kappa shape index (κ1) is 28.0. The van der Waals surface area contributed by atoms with Crippen molar-refractivity contribution < 1.29 is 29.0 Å². The maximum Gasteiger partial charge on any atom is 0.312 e. The number of nitrogens with zero attached hydrogens (tertiary/aromatic N) is 5. The molecule has 3 aliphatic heterocycles. The molecule has 1 N–H and O–H groups in total. The number of para-hydroxylation sites is 1. The second-order valence-corrected chi connectivity index (χ2v) is 10.7. The Labute approximate surface area is 233 Å². The third-order valence-electron chi connectivity index (χ3n) is 8.32. The SMILES string of the molecule is C=CCCOC(=O)[C@@H]1[C@@H]2CCC3(O2)C(C(=O)N(CC=C)Cn2nnc4ccccc42)N(CCCCCO)C(=O)[C@H]13. The van der Waals surface area contributed by atoms with Crippen LogP contribution in [0, 0.1) is 11.8 Å². The Morgan fingerprint density at radius 3 is 2.83 bits per heavy atom. The number of aliphatic hydroxyl groups is 1. The van der Waals surface area contributed by atoms with Crippen molar-refractivity contribution in [1.29, 1.82) is 0 Å². The van der Waals surface area contributed by atoms with Gasteiger partial charge >= 0.3 is 5.97 Å². The van der Waals surface area contributed by atoms with Crippen LogP contribution in [0.25, 0.3) is 11.0 Å². The van der Waals surface area contributed by atoms with Gasteiger partial charge < -0.3 is 24.4 Å². The fourth-order valence-corrected chi connectivity index (χ4v) is 6.58. The number of rotatable bonds is 14. The lowest BCUT2D eigenvalue weighted by atomic mass is 9.70. The molecule has 0 aliphatic carbocycles. The molecule has 0 radical (unpaired) electrons. The number of carbonyl (C=O) groups excluding carboxylic acids is 3. The predicted octanol–water partition coefficient (Wildman–Crippen LogP) is 2.06. The molecule has 214 valence electrons. The first-order valence-corrected chi connectivity index (χ1v) is 14.0. The number of likely N-dealkylation sites (tertiary alicyclic amines) is 1. The quantitative estimate of drug-likeness (QED) is 0.215. The van der Waals surface area contributed by atoms with Crippen LogP contribution in [0.3, 0.4) is 0 Å². The Morgan fingerprint density at radius 1 is 1.23 bits per heavy atom. The number of amides is 2. The Hall–Kier alpha value is -3.57. The maximum absolute atomic E-state index is 14.4. The molecule has 2 amide bonds. The molecule has 11 heteroatoms. The van der Waals surface area contributed by atoms with Gasteiger partial charge in [0.1, 0.15) is 23.8 Å². The Bertz CT molecular complexity index is 1280. The van der Waals surface area contributed by atoms with E-state index in [1.54, 1.807) is 26.6 Å². The first-order valence-electron chi connectivity index (χ1n) is 14.0. The minimum absolute atomic E-state index is 0.0608. The summed E-state index contributed by atoms with van der Waals surface area (Å²) in [7, 11) is 0.